The van der Waals surface area contributed by atoms with Gasteiger partial charge < -0.3 is 9.32 Å². The summed E-state index contributed by atoms with van der Waals surface area (Å²) in [6, 6.07) is 8.63. The summed E-state index contributed by atoms with van der Waals surface area (Å²) in [6.07, 6.45) is 3.19. The first kappa shape index (κ1) is 14.1. The standard InChI is InChI=1S/C15H16N4O3/c1-11(12-6-5-9-22-12)17(2)14(20)10-19-15(21)18-8-4-3-7-13(18)16-19/h3-9,11H,10H2,1-2H3. The molecule has 1 atom stereocenters. The predicted octanol–water partition coefficient (Wildman–Crippen LogP) is 1.31. The van der Waals surface area contributed by atoms with Crippen molar-refractivity contribution in [1.82, 2.24) is 19.1 Å². The molecule has 0 fully saturated rings. The Morgan fingerprint density at radius 1 is 1.36 bits per heavy atom. The van der Waals surface area contributed by atoms with Crippen LogP contribution in [0.3, 0.4) is 0 Å². The van der Waals surface area contributed by atoms with Gasteiger partial charge in [-0.15, -0.1) is 5.10 Å². The Labute approximate surface area is 126 Å². The first-order valence-corrected chi connectivity index (χ1v) is 6.91. The molecule has 0 N–H and O–H groups in total. The lowest BCUT2D eigenvalue weighted by molar-refractivity contribution is -0.133. The SMILES string of the molecule is CC(c1ccco1)N(C)C(=O)Cn1nc2ccccn2c1=O. The van der Waals surface area contributed by atoms with E-state index in [9.17, 15) is 9.59 Å². The topological polar surface area (TPSA) is 72.8 Å². The highest BCUT2D eigenvalue weighted by atomic mass is 16.3. The number of aromatic nitrogens is 3. The molecule has 0 saturated carbocycles. The van der Waals surface area contributed by atoms with Crippen LogP contribution in [0.4, 0.5) is 0 Å². The highest BCUT2D eigenvalue weighted by Crippen LogP contribution is 2.19. The molecule has 0 aromatic carbocycles. The van der Waals surface area contributed by atoms with Crippen LogP contribution in [0.1, 0.15) is 18.7 Å². The maximum absolute atomic E-state index is 12.4. The zero-order valence-corrected chi connectivity index (χ0v) is 12.3. The average Bonchev–Trinajstić information content (AvgIpc) is 3.15. The number of hydrogen-bond donors (Lipinski definition) is 0. The van der Waals surface area contributed by atoms with Crippen molar-refractivity contribution in [2.24, 2.45) is 0 Å². The third-order valence-corrected chi connectivity index (χ3v) is 3.70. The number of furan rings is 1. The van der Waals surface area contributed by atoms with Crippen LogP contribution in [-0.4, -0.2) is 32.0 Å². The fourth-order valence-corrected chi connectivity index (χ4v) is 2.25. The summed E-state index contributed by atoms with van der Waals surface area (Å²) in [5.41, 5.74) is 0.185. The number of carbonyl (C=O) groups is 1. The largest absolute Gasteiger partial charge is 0.467 e. The minimum atomic E-state index is -0.331. The van der Waals surface area contributed by atoms with Gasteiger partial charge in [-0.2, -0.15) is 0 Å². The summed E-state index contributed by atoms with van der Waals surface area (Å²) in [7, 11) is 1.68. The van der Waals surface area contributed by atoms with E-state index in [2.05, 4.69) is 5.10 Å². The van der Waals surface area contributed by atoms with Crippen molar-refractivity contribution in [3.8, 4) is 0 Å². The van der Waals surface area contributed by atoms with Crippen molar-refractivity contribution < 1.29 is 9.21 Å². The van der Waals surface area contributed by atoms with Crippen LogP contribution in [0.25, 0.3) is 5.65 Å². The maximum atomic E-state index is 12.4. The van der Waals surface area contributed by atoms with Crippen LogP contribution in [-0.2, 0) is 11.3 Å². The van der Waals surface area contributed by atoms with Crippen molar-refractivity contribution in [2.75, 3.05) is 7.05 Å². The molecule has 3 rings (SSSR count). The summed E-state index contributed by atoms with van der Waals surface area (Å²) in [5.74, 6) is 0.479. The summed E-state index contributed by atoms with van der Waals surface area (Å²) in [4.78, 5) is 26.0. The Balaban J connectivity index is 1.81. The third-order valence-electron chi connectivity index (χ3n) is 3.70. The zero-order chi connectivity index (χ0) is 15.7. The van der Waals surface area contributed by atoms with Gasteiger partial charge in [0.15, 0.2) is 5.65 Å². The molecule has 3 aromatic heterocycles. The molecule has 0 spiro atoms. The maximum Gasteiger partial charge on any atom is 0.350 e. The Kier molecular flexibility index (Phi) is 3.54. The van der Waals surface area contributed by atoms with Crippen LogP contribution in [0, 0.1) is 0 Å². The number of likely N-dealkylation sites (N-methyl/N-ethyl adjacent to an activating group) is 1. The van der Waals surface area contributed by atoms with E-state index in [0.29, 0.717) is 11.4 Å². The molecule has 3 heterocycles. The number of carbonyl (C=O) groups excluding carboxylic acids is 1. The van der Waals surface area contributed by atoms with Gasteiger partial charge in [0.2, 0.25) is 5.91 Å². The Morgan fingerprint density at radius 3 is 2.86 bits per heavy atom. The zero-order valence-electron chi connectivity index (χ0n) is 12.3. The van der Waals surface area contributed by atoms with Gasteiger partial charge in [0.05, 0.1) is 12.3 Å². The fourth-order valence-electron chi connectivity index (χ4n) is 2.25. The van der Waals surface area contributed by atoms with Gasteiger partial charge in [0, 0.05) is 13.2 Å². The third kappa shape index (κ3) is 2.41. The van der Waals surface area contributed by atoms with Gasteiger partial charge >= 0.3 is 5.69 Å². The normalized spacial score (nSPS) is 12.5. The van der Waals surface area contributed by atoms with Crippen molar-refractivity contribution in [3.05, 3.63) is 59.0 Å². The second-order valence-electron chi connectivity index (χ2n) is 5.07. The molecule has 0 aliphatic heterocycles. The molecule has 0 aliphatic carbocycles. The van der Waals surface area contributed by atoms with Crippen LogP contribution >= 0.6 is 0 Å². The van der Waals surface area contributed by atoms with E-state index >= 15 is 0 Å². The van der Waals surface area contributed by atoms with Crippen molar-refractivity contribution in [3.63, 3.8) is 0 Å². The van der Waals surface area contributed by atoms with E-state index in [1.165, 1.54) is 14.0 Å². The molecule has 114 valence electrons. The molecule has 0 saturated heterocycles. The lowest BCUT2D eigenvalue weighted by atomic mass is 10.2. The molecule has 0 radical (unpaired) electrons. The molecule has 7 heteroatoms. The smallest absolute Gasteiger partial charge is 0.350 e. The minimum absolute atomic E-state index is 0.109. The Morgan fingerprint density at radius 2 is 2.18 bits per heavy atom. The number of rotatable bonds is 4. The molecule has 0 bridgehead atoms. The van der Waals surface area contributed by atoms with Gasteiger partial charge in [-0.05, 0) is 31.2 Å². The van der Waals surface area contributed by atoms with Crippen LogP contribution in [0.2, 0.25) is 0 Å². The Hall–Kier alpha value is -2.83. The highest BCUT2D eigenvalue weighted by molar-refractivity contribution is 5.76. The molecule has 7 nitrogen and oxygen atoms in total. The van der Waals surface area contributed by atoms with Gasteiger partial charge in [0.25, 0.3) is 0 Å². The molecule has 1 unspecified atom stereocenters. The lowest BCUT2D eigenvalue weighted by Crippen LogP contribution is -2.35. The van der Waals surface area contributed by atoms with Crippen molar-refractivity contribution in [2.45, 2.75) is 19.5 Å². The van der Waals surface area contributed by atoms with Crippen LogP contribution in [0.5, 0.6) is 0 Å². The lowest BCUT2D eigenvalue weighted by Gasteiger charge is -2.23. The van der Waals surface area contributed by atoms with Crippen molar-refractivity contribution >= 4 is 11.6 Å². The van der Waals surface area contributed by atoms with Crippen LogP contribution in [0.15, 0.2) is 52.0 Å². The van der Waals surface area contributed by atoms with E-state index in [-0.39, 0.29) is 24.2 Å². The van der Waals surface area contributed by atoms with Gasteiger partial charge in [-0.3, -0.25) is 9.20 Å². The second-order valence-corrected chi connectivity index (χ2v) is 5.07. The Bertz CT molecular complexity index is 847. The van der Waals surface area contributed by atoms with E-state index in [1.807, 2.05) is 13.0 Å². The molecule has 3 aromatic rings. The molecular formula is C15H16N4O3. The summed E-state index contributed by atoms with van der Waals surface area (Å²) in [5, 5.41) is 4.15. The van der Waals surface area contributed by atoms with Crippen LogP contribution < -0.4 is 5.69 Å². The van der Waals surface area contributed by atoms with Gasteiger partial charge in [0.1, 0.15) is 12.3 Å². The second kappa shape index (κ2) is 5.51. The summed E-state index contributed by atoms with van der Waals surface area (Å²) in [6.45, 7) is 1.76. The van der Waals surface area contributed by atoms with Crippen molar-refractivity contribution in [1.29, 1.82) is 0 Å². The highest BCUT2D eigenvalue weighted by Gasteiger charge is 2.21. The number of hydrogen-bond acceptors (Lipinski definition) is 4. The molecule has 22 heavy (non-hydrogen) atoms. The number of amides is 1. The van der Waals surface area contributed by atoms with Gasteiger partial charge in [-0.25, -0.2) is 9.48 Å². The average molecular weight is 300 g/mol. The summed E-state index contributed by atoms with van der Waals surface area (Å²) >= 11 is 0. The number of nitrogens with zero attached hydrogens (tertiary/aromatic N) is 4. The first-order chi connectivity index (χ1) is 10.6. The molecular weight excluding hydrogens is 284 g/mol. The molecule has 0 aliphatic rings. The first-order valence-electron chi connectivity index (χ1n) is 6.91. The van der Waals surface area contributed by atoms with E-state index in [0.717, 1.165) is 0 Å². The minimum Gasteiger partial charge on any atom is -0.467 e. The van der Waals surface area contributed by atoms with Gasteiger partial charge in [-0.1, -0.05) is 6.07 Å². The van der Waals surface area contributed by atoms with E-state index in [4.69, 9.17) is 4.42 Å². The number of fused-ring (bicyclic) bond motifs is 1. The fraction of sp³-hybridized carbons (Fsp3) is 0.267. The summed E-state index contributed by atoms with van der Waals surface area (Å²) < 4.78 is 7.88. The van der Waals surface area contributed by atoms with E-state index in [1.54, 1.807) is 43.8 Å². The quantitative estimate of drug-likeness (QED) is 0.728. The molecule has 1 amide bonds. The number of pyridine rings is 1. The predicted molar refractivity (Wildman–Crippen MR) is 79.3 cm³/mol. The van der Waals surface area contributed by atoms with E-state index < -0.39 is 0 Å². The monoisotopic (exact) mass is 300 g/mol.